The van der Waals surface area contributed by atoms with Gasteiger partial charge in [0.25, 0.3) is 5.91 Å². The van der Waals surface area contributed by atoms with E-state index in [1.165, 1.54) is 6.20 Å². The molecule has 1 aliphatic carbocycles. The van der Waals surface area contributed by atoms with Crippen LogP contribution >= 0.6 is 0 Å². The molecule has 4 rings (SSSR count). The molecule has 1 saturated carbocycles. The fourth-order valence-corrected chi connectivity index (χ4v) is 4.05. The maximum Gasteiger partial charge on any atom is 0.254 e. The molecule has 1 atom stereocenters. The highest BCUT2D eigenvalue weighted by molar-refractivity contribution is 5.98. The summed E-state index contributed by atoms with van der Waals surface area (Å²) in [5.41, 5.74) is 14.4. The molecule has 2 aromatic rings. The summed E-state index contributed by atoms with van der Waals surface area (Å²) in [6, 6.07) is 8.67. The Morgan fingerprint density at radius 2 is 2.13 bits per heavy atom. The number of primary amides is 1. The van der Waals surface area contributed by atoms with Crippen molar-refractivity contribution in [2.24, 2.45) is 11.5 Å². The molecular formula is C23H29N7O. The molecular weight excluding hydrogens is 390 g/mol. The number of nitrogens with zero attached hydrogens (tertiary/aromatic N) is 4. The number of aromatic nitrogens is 2. The van der Waals surface area contributed by atoms with Crippen molar-refractivity contribution in [2.45, 2.75) is 56.9 Å². The Morgan fingerprint density at radius 3 is 2.74 bits per heavy atom. The number of piperidine rings is 1. The molecule has 8 nitrogen and oxygen atoms in total. The summed E-state index contributed by atoms with van der Waals surface area (Å²) >= 11 is 0. The lowest BCUT2D eigenvalue weighted by molar-refractivity contribution is 0.100. The Balaban J connectivity index is 1.71. The third kappa shape index (κ3) is 4.32. The quantitative estimate of drug-likeness (QED) is 0.655. The van der Waals surface area contributed by atoms with Gasteiger partial charge in [0.1, 0.15) is 11.4 Å². The molecule has 2 aliphatic rings. The van der Waals surface area contributed by atoms with Gasteiger partial charge in [-0.05, 0) is 54.9 Å². The van der Waals surface area contributed by atoms with Crippen LogP contribution in [0.1, 0.15) is 66.9 Å². The van der Waals surface area contributed by atoms with Crippen molar-refractivity contribution in [3.8, 4) is 6.07 Å². The lowest BCUT2D eigenvalue weighted by Crippen LogP contribution is -2.43. The number of amides is 1. The first-order valence-corrected chi connectivity index (χ1v) is 10.8. The van der Waals surface area contributed by atoms with E-state index < -0.39 is 11.3 Å². The molecule has 0 spiro atoms. The Kier molecular flexibility index (Phi) is 5.54. The standard InChI is InChI=1S/C23H29N7O/c1-14(2)15-8-16(23(13-24)5-6-23)10-18(9-15)28-21-19(20(26)31)11-27-22(29-21)30-7-3-4-17(25)12-30/h8-11,14,17H,3-7,12,25H2,1-2H3,(H2,26,31)(H,27,28,29). The minimum Gasteiger partial charge on any atom is -0.365 e. The third-order valence-electron chi connectivity index (χ3n) is 6.18. The van der Waals surface area contributed by atoms with Crippen molar-refractivity contribution < 1.29 is 4.79 Å². The maximum absolute atomic E-state index is 12.0. The van der Waals surface area contributed by atoms with Gasteiger partial charge in [0, 0.05) is 31.0 Å². The van der Waals surface area contributed by atoms with E-state index in [-0.39, 0.29) is 11.6 Å². The molecule has 31 heavy (non-hydrogen) atoms. The van der Waals surface area contributed by atoms with Gasteiger partial charge in [0.2, 0.25) is 5.95 Å². The van der Waals surface area contributed by atoms with Crippen molar-refractivity contribution in [2.75, 3.05) is 23.3 Å². The second-order valence-corrected chi connectivity index (χ2v) is 8.96. The van der Waals surface area contributed by atoms with E-state index in [0.29, 0.717) is 24.2 Å². The van der Waals surface area contributed by atoms with Crippen LogP contribution in [0.4, 0.5) is 17.5 Å². The van der Waals surface area contributed by atoms with E-state index >= 15 is 0 Å². The highest BCUT2D eigenvalue weighted by atomic mass is 16.1. The van der Waals surface area contributed by atoms with Gasteiger partial charge in [0.05, 0.1) is 11.5 Å². The second-order valence-electron chi connectivity index (χ2n) is 8.96. The molecule has 0 radical (unpaired) electrons. The van der Waals surface area contributed by atoms with Crippen LogP contribution in [0, 0.1) is 11.3 Å². The summed E-state index contributed by atoms with van der Waals surface area (Å²) in [4.78, 5) is 23.1. The van der Waals surface area contributed by atoms with Crippen molar-refractivity contribution in [3.63, 3.8) is 0 Å². The van der Waals surface area contributed by atoms with Gasteiger partial charge in [0.15, 0.2) is 0 Å². The monoisotopic (exact) mass is 419 g/mol. The van der Waals surface area contributed by atoms with Crippen molar-refractivity contribution in [1.29, 1.82) is 5.26 Å². The van der Waals surface area contributed by atoms with Gasteiger partial charge in [-0.1, -0.05) is 19.9 Å². The number of nitriles is 1. The van der Waals surface area contributed by atoms with Crippen molar-refractivity contribution >= 4 is 23.4 Å². The smallest absolute Gasteiger partial charge is 0.254 e. The molecule has 2 fully saturated rings. The minimum absolute atomic E-state index is 0.0792. The largest absolute Gasteiger partial charge is 0.365 e. The lowest BCUT2D eigenvalue weighted by Gasteiger charge is -2.31. The number of anilines is 3. The zero-order valence-electron chi connectivity index (χ0n) is 18.1. The first-order valence-electron chi connectivity index (χ1n) is 10.8. The number of nitrogens with one attached hydrogen (secondary N) is 1. The van der Waals surface area contributed by atoms with Crippen molar-refractivity contribution in [1.82, 2.24) is 9.97 Å². The van der Waals surface area contributed by atoms with Crippen LogP contribution in [0.25, 0.3) is 0 Å². The number of rotatable bonds is 6. The normalized spacial score (nSPS) is 19.7. The van der Waals surface area contributed by atoms with Crippen LogP contribution < -0.4 is 21.7 Å². The van der Waals surface area contributed by atoms with E-state index in [1.54, 1.807) is 0 Å². The van der Waals surface area contributed by atoms with Crippen LogP contribution in [0.3, 0.4) is 0 Å². The summed E-state index contributed by atoms with van der Waals surface area (Å²) in [6.07, 6.45) is 5.15. The SMILES string of the molecule is CC(C)c1cc(Nc2nc(N3CCCC(N)C3)ncc2C(N)=O)cc(C2(C#N)CC2)c1. The molecule has 1 aromatic heterocycles. The van der Waals surface area contributed by atoms with Crippen LogP contribution in [-0.2, 0) is 5.41 Å². The Bertz CT molecular complexity index is 1040. The maximum atomic E-state index is 12.0. The van der Waals surface area contributed by atoms with Gasteiger partial charge in [-0.2, -0.15) is 10.2 Å². The summed E-state index contributed by atoms with van der Waals surface area (Å²) in [5, 5.41) is 13.0. The average Bonchev–Trinajstić information content (AvgIpc) is 3.55. The van der Waals surface area contributed by atoms with Gasteiger partial charge >= 0.3 is 0 Å². The molecule has 2 heterocycles. The molecule has 162 valence electrons. The fourth-order valence-electron chi connectivity index (χ4n) is 4.05. The molecule has 0 bridgehead atoms. The predicted octanol–water partition coefficient (Wildman–Crippen LogP) is 2.93. The van der Waals surface area contributed by atoms with Crippen molar-refractivity contribution in [3.05, 3.63) is 41.1 Å². The third-order valence-corrected chi connectivity index (χ3v) is 6.18. The topological polar surface area (TPSA) is 134 Å². The van der Waals surface area contributed by atoms with E-state index in [1.807, 2.05) is 17.0 Å². The number of carbonyl (C=O) groups is 1. The summed E-state index contributed by atoms with van der Waals surface area (Å²) in [6.45, 7) is 5.73. The number of hydrogen-bond acceptors (Lipinski definition) is 7. The Hall–Kier alpha value is -3.18. The summed E-state index contributed by atoms with van der Waals surface area (Å²) in [5.74, 6) is 0.589. The predicted molar refractivity (Wildman–Crippen MR) is 120 cm³/mol. The van der Waals surface area contributed by atoms with Gasteiger partial charge in [-0.3, -0.25) is 4.79 Å². The second kappa shape index (κ2) is 8.16. The highest BCUT2D eigenvalue weighted by Gasteiger charge is 2.45. The van der Waals surface area contributed by atoms with Gasteiger partial charge in [-0.25, -0.2) is 4.98 Å². The zero-order chi connectivity index (χ0) is 22.2. The average molecular weight is 420 g/mol. The van der Waals surface area contributed by atoms with E-state index in [4.69, 9.17) is 11.5 Å². The molecule has 1 aliphatic heterocycles. The number of carbonyl (C=O) groups excluding carboxylic acids is 1. The van der Waals surface area contributed by atoms with E-state index in [9.17, 15) is 10.1 Å². The molecule has 1 unspecified atom stereocenters. The van der Waals surface area contributed by atoms with Crippen LogP contribution in [0.5, 0.6) is 0 Å². The number of benzene rings is 1. The van der Waals surface area contributed by atoms with Gasteiger partial charge < -0.3 is 21.7 Å². The summed E-state index contributed by atoms with van der Waals surface area (Å²) in [7, 11) is 0. The Labute approximate surface area is 182 Å². The number of hydrogen-bond donors (Lipinski definition) is 3. The molecule has 1 amide bonds. The molecule has 1 saturated heterocycles. The molecule has 1 aromatic carbocycles. The van der Waals surface area contributed by atoms with E-state index in [2.05, 4.69) is 41.3 Å². The highest BCUT2D eigenvalue weighted by Crippen LogP contribution is 2.48. The fraction of sp³-hybridized carbons (Fsp3) is 0.478. The van der Waals surface area contributed by atoms with Crippen LogP contribution in [0.15, 0.2) is 24.4 Å². The summed E-state index contributed by atoms with van der Waals surface area (Å²) < 4.78 is 0. The van der Waals surface area contributed by atoms with Gasteiger partial charge in [-0.15, -0.1) is 0 Å². The minimum atomic E-state index is -0.597. The molecule has 8 heteroatoms. The van der Waals surface area contributed by atoms with Crippen LogP contribution in [0.2, 0.25) is 0 Å². The number of nitrogens with two attached hydrogens (primary N) is 2. The van der Waals surface area contributed by atoms with E-state index in [0.717, 1.165) is 49.0 Å². The molecule has 5 N–H and O–H groups in total. The first-order chi connectivity index (χ1) is 14.8. The zero-order valence-corrected chi connectivity index (χ0v) is 18.1. The van der Waals surface area contributed by atoms with Crippen LogP contribution in [-0.4, -0.2) is 35.0 Å². The Morgan fingerprint density at radius 1 is 1.35 bits per heavy atom. The first kappa shape index (κ1) is 21.1. The lowest BCUT2D eigenvalue weighted by atomic mass is 9.92.